The first-order valence-corrected chi connectivity index (χ1v) is 3.82. The Morgan fingerprint density at radius 3 is 1.64 bits per heavy atom. The van der Waals surface area contributed by atoms with Crippen LogP contribution in [0.5, 0.6) is 0 Å². The maximum absolute atomic E-state index is 9.59. The van der Waals surface area contributed by atoms with Gasteiger partial charge in [0.1, 0.15) is 13.2 Å². The molecule has 0 atom stereocenters. The molecule has 0 rings (SSSR count). The summed E-state index contributed by atoms with van der Waals surface area (Å²) in [6, 6.07) is -0.888. The molecule has 0 bridgehead atoms. The van der Waals surface area contributed by atoms with E-state index < -0.39 is 29.4 Å². The van der Waals surface area contributed by atoms with Crippen LogP contribution >= 0.6 is 0 Å². The predicted molar refractivity (Wildman–Crippen MR) is 45.2 cm³/mol. The molecule has 0 aromatic heterocycles. The van der Waals surface area contributed by atoms with Crippen LogP contribution in [0.3, 0.4) is 0 Å². The fraction of sp³-hybridized carbons (Fsp3) is 1.00. The average molecular weight is 211 g/mol. The molecule has 0 saturated carbocycles. The molecule has 0 fully saturated rings. The lowest BCUT2D eigenvalue weighted by Crippen LogP contribution is -2.33. The summed E-state index contributed by atoms with van der Waals surface area (Å²) in [5.74, 6) is 0. The third-order valence-electron chi connectivity index (χ3n) is 0.788. The van der Waals surface area contributed by atoms with E-state index in [0.29, 0.717) is 0 Å². The van der Waals surface area contributed by atoms with E-state index in [1.807, 2.05) is 13.8 Å². The molecule has 0 heterocycles. The van der Waals surface area contributed by atoms with Gasteiger partial charge in [0.15, 0.2) is 0 Å². The van der Waals surface area contributed by atoms with Crippen molar-refractivity contribution < 1.29 is 19.8 Å². The molecule has 0 aromatic rings. The Morgan fingerprint density at radius 2 is 1.43 bits per heavy atom. The number of hydrogen-bond acceptors (Lipinski definition) is 7. The van der Waals surface area contributed by atoms with Crippen LogP contribution in [0.25, 0.3) is 0 Å². The molecule has 84 valence electrons. The molecule has 0 aliphatic heterocycles. The molecule has 9 heteroatoms. The van der Waals surface area contributed by atoms with Crippen molar-refractivity contribution in [3.63, 3.8) is 0 Å². The summed E-state index contributed by atoms with van der Waals surface area (Å²) >= 11 is 0. The topological polar surface area (TPSA) is 131 Å². The van der Waals surface area contributed by atoms with Crippen molar-refractivity contribution in [2.75, 3.05) is 13.2 Å². The highest BCUT2D eigenvalue weighted by atomic mass is 17.0. The zero-order chi connectivity index (χ0) is 11.6. The van der Waals surface area contributed by atoms with Crippen molar-refractivity contribution in [3.05, 3.63) is 20.2 Å². The van der Waals surface area contributed by atoms with E-state index in [9.17, 15) is 20.2 Å². The van der Waals surface area contributed by atoms with Crippen LogP contribution in [-0.4, -0.2) is 29.4 Å². The third-order valence-corrected chi connectivity index (χ3v) is 0.788. The first-order valence-electron chi connectivity index (χ1n) is 3.82. The lowest BCUT2D eigenvalue weighted by molar-refractivity contribution is -0.766. The fourth-order valence-corrected chi connectivity index (χ4v) is 0.361. The first-order chi connectivity index (χ1) is 6.52. The highest BCUT2D eigenvalue weighted by Gasteiger charge is 2.07. The molecule has 0 spiro atoms. The van der Waals surface area contributed by atoms with E-state index in [1.165, 1.54) is 0 Å². The molecule has 0 aliphatic carbocycles. The fourth-order valence-electron chi connectivity index (χ4n) is 0.361. The van der Waals surface area contributed by atoms with E-state index in [-0.39, 0.29) is 0 Å². The van der Waals surface area contributed by atoms with E-state index in [0.717, 1.165) is 0 Å². The lowest BCUT2D eigenvalue weighted by Gasteiger charge is -2.07. The SMILES string of the molecule is CC.NC(CO[N+](=O)[O-])CO[N+](=O)[O-]. The molecule has 0 unspecified atom stereocenters. The minimum Gasteiger partial charge on any atom is -0.324 e. The van der Waals surface area contributed by atoms with Crippen LogP contribution in [0.4, 0.5) is 0 Å². The summed E-state index contributed by atoms with van der Waals surface area (Å²) in [5, 5.41) is 17.1. The Balaban J connectivity index is 0. The smallest absolute Gasteiger partial charge is 0.294 e. The molecule has 0 radical (unpaired) electrons. The first kappa shape index (κ1) is 14.9. The van der Waals surface area contributed by atoms with Gasteiger partial charge in [-0.25, -0.2) is 0 Å². The van der Waals surface area contributed by atoms with E-state index in [1.54, 1.807) is 0 Å². The van der Waals surface area contributed by atoms with Gasteiger partial charge in [-0.2, -0.15) is 0 Å². The van der Waals surface area contributed by atoms with Crippen molar-refractivity contribution in [1.82, 2.24) is 0 Å². The normalized spacial score (nSPS) is 8.57. The predicted octanol–water partition coefficient (Wildman–Crippen LogP) is -0.243. The highest BCUT2D eigenvalue weighted by molar-refractivity contribution is 4.54. The van der Waals surface area contributed by atoms with Gasteiger partial charge in [0.2, 0.25) is 0 Å². The summed E-state index contributed by atoms with van der Waals surface area (Å²) in [6.07, 6.45) is 0. The van der Waals surface area contributed by atoms with Crippen molar-refractivity contribution in [2.24, 2.45) is 5.73 Å². The summed E-state index contributed by atoms with van der Waals surface area (Å²) in [5.41, 5.74) is 5.11. The molecule has 14 heavy (non-hydrogen) atoms. The second-order valence-electron chi connectivity index (χ2n) is 1.80. The van der Waals surface area contributed by atoms with Gasteiger partial charge in [0.25, 0.3) is 10.2 Å². The van der Waals surface area contributed by atoms with Crippen LogP contribution < -0.4 is 5.73 Å². The van der Waals surface area contributed by atoms with Gasteiger partial charge in [-0.05, 0) is 0 Å². The Morgan fingerprint density at radius 1 is 1.14 bits per heavy atom. The number of nitrogens with zero attached hydrogens (tertiary/aromatic N) is 2. The molecule has 0 aliphatic rings. The summed E-state index contributed by atoms with van der Waals surface area (Å²) in [7, 11) is 0. The Kier molecular flexibility index (Phi) is 10.0. The van der Waals surface area contributed by atoms with Gasteiger partial charge in [0, 0.05) is 0 Å². The standard InChI is InChI=1S/C3H7N3O6.C2H6/c4-3(1-11-5(7)8)2-12-6(9)10;1-2/h3H,1-2,4H2;1-2H3. The quantitative estimate of drug-likeness (QED) is 0.473. The highest BCUT2D eigenvalue weighted by Crippen LogP contribution is 1.84. The van der Waals surface area contributed by atoms with Gasteiger partial charge >= 0.3 is 0 Å². The van der Waals surface area contributed by atoms with Gasteiger partial charge in [0.05, 0.1) is 6.04 Å². The van der Waals surface area contributed by atoms with Crippen LogP contribution in [0, 0.1) is 20.2 Å². The average Bonchev–Trinajstić information content (AvgIpc) is 2.14. The van der Waals surface area contributed by atoms with E-state index in [2.05, 4.69) is 9.68 Å². The molecule has 9 nitrogen and oxygen atoms in total. The summed E-state index contributed by atoms with van der Waals surface area (Å²) in [4.78, 5) is 26.9. The zero-order valence-corrected chi connectivity index (χ0v) is 7.91. The van der Waals surface area contributed by atoms with Crippen molar-refractivity contribution in [3.8, 4) is 0 Å². The Bertz CT molecular complexity index is 157. The van der Waals surface area contributed by atoms with Gasteiger partial charge in [-0.3, -0.25) is 0 Å². The molecule has 0 saturated heterocycles. The number of hydrogen-bond donors (Lipinski definition) is 1. The monoisotopic (exact) mass is 211 g/mol. The lowest BCUT2D eigenvalue weighted by atomic mass is 10.4. The van der Waals surface area contributed by atoms with Crippen molar-refractivity contribution in [2.45, 2.75) is 19.9 Å². The van der Waals surface area contributed by atoms with E-state index in [4.69, 9.17) is 5.73 Å². The minimum atomic E-state index is -1.04. The molecular weight excluding hydrogens is 198 g/mol. The second-order valence-corrected chi connectivity index (χ2v) is 1.80. The molecule has 2 N–H and O–H groups in total. The van der Waals surface area contributed by atoms with Gasteiger partial charge < -0.3 is 15.4 Å². The van der Waals surface area contributed by atoms with Crippen LogP contribution in [0.1, 0.15) is 13.8 Å². The Labute approximate surface area is 80.0 Å². The van der Waals surface area contributed by atoms with Crippen LogP contribution in [0.2, 0.25) is 0 Å². The van der Waals surface area contributed by atoms with Gasteiger partial charge in [-0.15, -0.1) is 20.2 Å². The molecule has 0 amide bonds. The number of rotatable bonds is 6. The summed E-state index contributed by atoms with van der Waals surface area (Å²) < 4.78 is 0. The van der Waals surface area contributed by atoms with Gasteiger partial charge in [-0.1, -0.05) is 13.8 Å². The van der Waals surface area contributed by atoms with Crippen LogP contribution in [-0.2, 0) is 9.68 Å². The molecular formula is C5H13N3O6. The second kappa shape index (κ2) is 9.45. The molecule has 0 aromatic carbocycles. The zero-order valence-electron chi connectivity index (χ0n) is 7.91. The van der Waals surface area contributed by atoms with E-state index >= 15 is 0 Å². The number of nitrogens with two attached hydrogens (primary N) is 1. The summed E-state index contributed by atoms with van der Waals surface area (Å²) in [6.45, 7) is 3.14. The van der Waals surface area contributed by atoms with Crippen molar-refractivity contribution >= 4 is 0 Å². The van der Waals surface area contributed by atoms with Crippen molar-refractivity contribution in [1.29, 1.82) is 0 Å². The van der Waals surface area contributed by atoms with Crippen LogP contribution in [0.15, 0.2) is 0 Å². The largest absolute Gasteiger partial charge is 0.324 e. The third kappa shape index (κ3) is 13.0. The Hall–Kier alpha value is -1.64. The maximum atomic E-state index is 9.59. The minimum absolute atomic E-state index is 0.430. The maximum Gasteiger partial charge on any atom is 0.294 e.